The van der Waals surface area contributed by atoms with Gasteiger partial charge in [-0.3, -0.25) is 9.58 Å². The van der Waals surface area contributed by atoms with Gasteiger partial charge in [0.2, 0.25) is 0 Å². The van der Waals surface area contributed by atoms with Crippen LogP contribution in [0.25, 0.3) is 0 Å². The van der Waals surface area contributed by atoms with Crippen molar-refractivity contribution in [3.05, 3.63) is 18.0 Å². The molecule has 18 heavy (non-hydrogen) atoms. The van der Waals surface area contributed by atoms with Crippen molar-refractivity contribution in [2.24, 2.45) is 7.05 Å². The zero-order valence-electron chi connectivity index (χ0n) is 11.9. The van der Waals surface area contributed by atoms with Crippen molar-refractivity contribution in [3.8, 4) is 0 Å². The van der Waals surface area contributed by atoms with E-state index in [0.717, 1.165) is 13.1 Å². The molecule has 0 saturated carbocycles. The van der Waals surface area contributed by atoms with Crippen LogP contribution in [-0.2, 0) is 13.6 Å². The molecule has 1 aliphatic heterocycles. The second-order valence-corrected chi connectivity index (χ2v) is 5.71. The largest absolute Gasteiger partial charge is 0.313 e. The van der Waals surface area contributed by atoms with Crippen LogP contribution in [0, 0.1) is 0 Å². The summed E-state index contributed by atoms with van der Waals surface area (Å²) in [6.07, 6.45) is 8.13. The maximum absolute atomic E-state index is 4.26. The van der Waals surface area contributed by atoms with Gasteiger partial charge in [-0.25, -0.2) is 0 Å². The first kappa shape index (κ1) is 13.6. The summed E-state index contributed by atoms with van der Waals surface area (Å²) in [6, 6.07) is 1.26. The van der Waals surface area contributed by atoms with E-state index in [1.165, 1.54) is 31.4 Å². The van der Waals surface area contributed by atoms with E-state index in [1.54, 1.807) is 0 Å². The van der Waals surface area contributed by atoms with Gasteiger partial charge in [-0.1, -0.05) is 20.3 Å². The predicted octanol–water partition coefficient (Wildman–Crippen LogP) is 1.77. The lowest BCUT2D eigenvalue weighted by molar-refractivity contribution is 0.135. The number of aromatic nitrogens is 2. The predicted molar refractivity (Wildman–Crippen MR) is 74.4 cm³/mol. The number of rotatable bonds is 5. The minimum Gasteiger partial charge on any atom is -0.313 e. The zero-order valence-corrected chi connectivity index (χ0v) is 11.9. The van der Waals surface area contributed by atoms with E-state index in [1.807, 2.05) is 17.9 Å². The normalized spacial score (nSPS) is 21.7. The summed E-state index contributed by atoms with van der Waals surface area (Å²) in [6.45, 7) is 7.80. The first-order valence-corrected chi connectivity index (χ1v) is 7.10. The summed E-state index contributed by atoms with van der Waals surface area (Å²) in [4.78, 5) is 2.61. The molecular weight excluding hydrogens is 224 g/mol. The Kier molecular flexibility index (Phi) is 4.78. The summed E-state index contributed by atoms with van der Waals surface area (Å²) in [5, 5.41) is 7.83. The molecule has 102 valence electrons. The van der Waals surface area contributed by atoms with Gasteiger partial charge in [0.1, 0.15) is 0 Å². The monoisotopic (exact) mass is 250 g/mol. The number of likely N-dealkylation sites (tertiary alicyclic amines) is 1. The molecule has 1 aliphatic rings. The molecule has 1 atom stereocenters. The highest BCUT2D eigenvalue weighted by molar-refractivity contribution is 5.04. The summed E-state index contributed by atoms with van der Waals surface area (Å²) < 4.78 is 1.89. The topological polar surface area (TPSA) is 33.1 Å². The molecule has 2 rings (SSSR count). The van der Waals surface area contributed by atoms with Gasteiger partial charge in [-0.2, -0.15) is 5.10 Å². The molecule has 0 amide bonds. The minimum absolute atomic E-state index is 0.576. The lowest BCUT2D eigenvalue weighted by atomic mass is 10.0. The number of hydrogen-bond acceptors (Lipinski definition) is 3. The van der Waals surface area contributed by atoms with Crippen LogP contribution in [0.15, 0.2) is 12.4 Å². The highest BCUT2D eigenvalue weighted by Crippen LogP contribution is 2.19. The highest BCUT2D eigenvalue weighted by Gasteiger charge is 2.22. The number of nitrogens with zero attached hydrogens (tertiary/aromatic N) is 3. The van der Waals surface area contributed by atoms with Crippen molar-refractivity contribution in [2.75, 3.05) is 13.1 Å². The Bertz CT molecular complexity index is 358. The fraction of sp³-hybridized carbons (Fsp3) is 0.786. The van der Waals surface area contributed by atoms with Crippen molar-refractivity contribution in [1.82, 2.24) is 20.0 Å². The molecule has 0 aliphatic carbocycles. The summed E-state index contributed by atoms with van der Waals surface area (Å²) in [7, 11) is 1.98. The SMILES string of the molecule is CC(C)NCC1CCCCN1Cc1cnn(C)c1. The van der Waals surface area contributed by atoms with Crippen molar-refractivity contribution in [2.45, 2.75) is 51.7 Å². The molecular formula is C14H26N4. The lowest BCUT2D eigenvalue weighted by Crippen LogP contribution is -2.46. The number of piperidine rings is 1. The molecule has 0 bridgehead atoms. The van der Waals surface area contributed by atoms with Crippen LogP contribution >= 0.6 is 0 Å². The molecule has 1 aromatic rings. The average Bonchev–Trinajstić information content (AvgIpc) is 2.73. The second kappa shape index (κ2) is 6.34. The van der Waals surface area contributed by atoms with Crippen molar-refractivity contribution in [1.29, 1.82) is 0 Å². The van der Waals surface area contributed by atoms with Gasteiger partial charge in [0.05, 0.1) is 6.20 Å². The van der Waals surface area contributed by atoms with Gasteiger partial charge in [0, 0.05) is 44.0 Å². The van der Waals surface area contributed by atoms with Crippen molar-refractivity contribution >= 4 is 0 Å². The Morgan fingerprint density at radius 1 is 1.44 bits per heavy atom. The Morgan fingerprint density at radius 2 is 2.28 bits per heavy atom. The highest BCUT2D eigenvalue weighted by atomic mass is 15.2. The number of nitrogens with one attached hydrogen (secondary N) is 1. The maximum atomic E-state index is 4.26. The van der Waals surface area contributed by atoms with Gasteiger partial charge in [0.15, 0.2) is 0 Å². The third-order valence-electron chi connectivity index (χ3n) is 3.65. The third-order valence-corrected chi connectivity index (χ3v) is 3.65. The summed E-state index contributed by atoms with van der Waals surface area (Å²) in [5.74, 6) is 0. The van der Waals surface area contributed by atoms with Crippen LogP contribution in [0.2, 0.25) is 0 Å². The molecule has 1 saturated heterocycles. The summed E-state index contributed by atoms with van der Waals surface area (Å²) in [5.41, 5.74) is 1.33. The van der Waals surface area contributed by atoms with E-state index in [2.05, 4.69) is 35.4 Å². The van der Waals surface area contributed by atoms with Crippen LogP contribution in [0.1, 0.15) is 38.7 Å². The molecule has 2 heterocycles. The fourth-order valence-electron chi connectivity index (χ4n) is 2.66. The average molecular weight is 250 g/mol. The first-order valence-electron chi connectivity index (χ1n) is 7.10. The van der Waals surface area contributed by atoms with E-state index in [9.17, 15) is 0 Å². The fourth-order valence-corrected chi connectivity index (χ4v) is 2.66. The van der Waals surface area contributed by atoms with Crippen LogP contribution in [-0.4, -0.2) is 39.9 Å². The Morgan fingerprint density at radius 3 is 2.94 bits per heavy atom. The molecule has 0 aromatic carbocycles. The molecule has 1 N–H and O–H groups in total. The quantitative estimate of drug-likeness (QED) is 0.864. The standard InChI is InChI=1S/C14H26N4/c1-12(2)15-9-14-6-4-5-7-18(14)11-13-8-16-17(3)10-13/h8,10,12,14-15H,4-7,9,11H2,1-3H3. The van der Waals surface area contributed by atoms with Crippen LogP contribution in [0.3, 0.4) is 0 Å². The molecule has 1 aromatic heterocycles. The van der Waals surface area contributed by atoms with E-state index in [4.69, 9.17) is 0 Å². The van der Waals surface area contributed by atoms with Crippen molar-refractivity contribution in [3.63, 3.8) is 0 Å². The minimum atomic E-state index is 0.576. The Hall–Kier alpha value is -0.870. The third kappa shape index (κ3) is 3.82. The van der Waals surface area contributed by atoms with Crippen LogP contribution < -0.4 is 5.32 Å². The number of hydrogen-bond donors (Lipinski definition) is 1. The van der Waals surface area contributed by atoms with E-state index in [0.29, 0.717) is 12.1 Å². The van der Waals surface area contributed by atoms with Crippen LogP contribution in [0.5, 0.6) is 0 Å². The van der Waals surface area contributed by atoms with E-state index < -0.39 is 0 Å². The molecule has 4 heteroatoms. The van der Waals surface area contributed by atoms with Gasteiger partial charge >= 0.3 is 0 Å². The summed E-state index contributed by atoms with van der Waals surface area (Å²) >= 11 is 0. The van der Waals surface area contributed by atoms with Gasteiger partial charge in [0.25, 0.3) is 0 Å². The zero-order chi connectivity index (χ0) is 13.0. The van der Waals surface area contributed by atoms with Gasteiger partial charge in [-0.05, 0) is 19.4 Å². The Labute approximate surface area is 110 Å². The van der Waals surface area contributed by atoms with E-state index >= 15 is 0 Å². The maximum Gasteiger partial charge on any atom is 0.0534 e. The first-order chi connectivity index (χ1) is 8.65. The molecule has 0 spiro atoms. The molecule has 1 fully saturated rings. The van der Waals surface area contributed by atoms with Gasteiger partial charge in [-0.15, -0.1) is 0 Å². The number of aryl methyl sites for hydroxylation is 1. The second-order valence-electron chi connectivity index (χ2n) is 5.71. The Balaban J connectivity index is 1.90. The van der Waals surface area contributed by atoms with Crippen LogP contribution in [0.4, 0.5) is 0 Å². The van der Waals surface area contributed by atoms with Gasteiger partial charge < -0.3 is 5.32 Å². The molecule has 1 unspecified atom stereocenters. The smallest absolute Gasteiger partial charge is 0.0534 e. The molecule has 0 radical (unpaired) electrons. The lowest BCUT2D eigenvalue weighted by Gasteiger charge is -2.36. The van der Waals surface area contributed by atoms with E-state index in [-0.39, 0.29) is 0 Å². The molecule has 4 nitrogen and oxygen atoms in total. The van der Waals surface area contributed by atoms with Crippen molar-refractivity contribution < 1.29 is 0 Å².